The van der Waals surface area contributed by atoms with E-state index in [0.717, 1.165) is 44.5 Å². The number of hydrogen-bond donors (Lipinski definition) is 1. The third-order valence-corrected chi connectivity index (χ3v) is 4.43. The monoisotopic (exact) mass is 313 g/mol. The number of ether oxygens (including phenoxy) is 1. The Balaban J connectivity index is 1.53. The first-order valence-electron chi connectivity index (χ1n) is 8.00. The predicted molar refractivity (Wildman–Crippen MR) is 88.2 cm³/mol. The van der Waals surface area contributed by atoms with Crippen molar-refractivity contribution in [1.29, 1.82) is 0 Å². The summed E-state index contributed by atoms with van der Waals surface area (Å²) >= 11 is 0. The van der Waals surface area contributed by atoms with Gasteiger partial charge in [0.1, 0.15) is 0 Å². The molecule has 2 heterocycles. The normalized spacial score (nSPS) is 17.8. The quantitative estimate of drug-likeness (QED) is 0.915. The molecule has 0 spiro atoms. The SMILES string of the molecule is COc1ncc(CN2CCC(O)(Cc3ccccc3)CC2)cn1. The lowest BCUT2D eigenvalue weighted by Crippen LogP contribution is -2.45. The van der Waals surface area contributed by atoms with Gasteiger partial charge in [-0.2, -0.15) is 0 Å². The molecule has 0 bridgehead atoms. The van der Waals surface area contributed by atoms with Gasteiger partial charge in [-0.3, -0.25) is 4.90 Å². The molecular formula is C18H23N3O2. The number of rotatable bonds is 5. The van der Waals surface area contributed by atoms with Gasteiger partial charge in [-0.05, 0) is 18.4 Å². The molecule has 0 aliphatic carbocycles. The fourth-order valence-corrected chi connectivity index (χ4v) is 3.07. The summed E-state index contributed by atoms with van der Waals surface area (Å²) in [5.74, 6) is 0. The molecule has 1 aliphatic rings. The summed E-state index contributed by atoms with van der Waals surface area (Å²) in [7, 11) is 1.56. The topological polar surface area (TPSA) is 58.5 Å². The zero-order valence-corrected chi connectivity index (χ0v) is 13.5. The van der Waals surface area contributed by atoms with E-state index in [-0.39, 0.29) is 0 Å². The Kier molecular flexibility index (Phi) is 4.88. The van der Waals surface area contributed by atoms with Crippen LogP contribution >= 0.6 is 0 Å². The van der Waals surface area contributed by atoms with Crippen LogP contribution in [0.1, 0.15) is 24.0 Å². The van der Waals surface area contributed by atoms with Gasteiger partial charge in [0.2, 0.25) is 0 Å². The van der Waals surface area contributed by atoms with E-state index < -0.39 is 5.60 Å². The third kappa shape index (κ3) is 4.27. The molecule has 122 valence electrons. The molecule has 5 nitrogen and oxygen atoms in total. The number of piperidine rings is 1. The van der Waals surface area contributed by atoms with Crippen molar-refractivity contribution in [2.45, 2.75) is 31.4 Å². The van der Waals surface area contributed by atoms with Gasteiger partial charge in [-0.25, -0.2) is 9.97 Å². The Morgan fingerprint density at radius 2 is 1.74 bits per heavy atom. The van der Waals surface area contributed by atoms with Crippen LogP contribution in [-0.2, 0) is 13.0 Å². The Bertz CT molecular complexity index is 608. The van der Waals surface area contributed by atoms with E-state index in [2.05, 4.69) is 27.0 Å². The molecule has 0 unspecified atom stereocenters. The van der Waals surface area contributed by atoms with Gasteiger partial charge in [0.25, 0.3) is 0 Å². The number of aliphatic hydroxyl groups is 1. The van der Waals surface area contributed by atoms with E-state index in [9.17, 15) is 5.11 Å². The number of methoxy groups -OCH3 is 1. The first-order valence-corrected chi connectivity index (χ1v) is 8.00. The lowest BCUT2D eigenvalue weighted by molar-refractivity contribution is -0.0225. The first-order chi connectivity index (χ1) is 11.2. The second kappa shape index (κ2) is 7.06. The second-order valence-corrected chi connectivity index (χ2v) is 6.24. The fraction of sp³-hybridized carbons (Fsp3) is 0.444. The maximum absolute atomic E-state index is 10.8. The van der Waals surface area contributed by atoms with Gasteiger partial charge in [0.05, 0.1) is 12.7 Å². The molecule has 5 heteroatoms. The Morgan fingerprint density at radius 3 is 2.35 bits per heavy atom. The molecule has 1 aliphatic heterocycles. The van der Waals surface area contributed by atoms with Crippen LogP contribution in [0.15, 0.2) is 42.7 Å². The van der Waals surface area contributed by atoms with Crippen LogP contribution in [-0.4, -0.2) is 45.8 Å². The summed E-state index contributed by atoms with van der Waals surface area (Å²) in [6.45, 7) is 2.58. The van der Waals surface area contributed by atoms with E-state index in [0.29, 0.717) is 6.01 Å². The van der Waals surface area contributed by atoms with Crippen LogP contribution in [0.4, 0.5) is 0 Å². The molecule has 1 aromatic heterocycles. The van der Waals surface area contributed by atoms with E-state index >= 15 is 0 Å². The number of benzene rings is 1. The molecule has 3 rings (SSSR count). The molecule has 0 saturated carbocycles. The maximum Gasteiger partial charge on any atom is 0.316 e. The van der Waals surface area contributed by atoms with Gasteiger partial charge >= 0.3 is 6.01 Å². The molecule has 1 N–H and O–H groups in total. The Labute approximate surface area is 137 Å². The average Bonchev–Trinajstić information content (AvgIpc) is 2.59. The number of aromatic nitrogens is 2. The highest BCUT2D eigenvalue weighted by Crippen LogP contribution is 2.27. The van der Waals surface area contributed by atoms with Crippen molar-refractivity contribution in [3.63, 3.8) is 0 Å². The molecule has 1 saturated heterocycles. The van der Waals surface area contributed by atoms with Gasteiger partial charge < -0.3 is 9.84 Å². The van der Waals surface area contributed by atoms with E-state index in [1.807, 2.05) is 18.2 Å². The fourth-order valence-electron chi connectivity index (χ4n) is 3.07. The van der Waals surface area contributed by atoms with Gasteiger partial charge in [0.15, 0.2) is 0 Å². The molecular weight excluding hydrogens is 290 g/mol. The summed E-state index contributed by atoms with van der Waals surface area (Å²) in [6.07, 6.45) is 5.92. The summed E-state index contributed by atoms with van der Waals surface area (Å²) in [5, 5.41) is 10.8. The van der Waals surface area contributed by atoms with E-state index in [1.54, 1.807) is 19.5 Å². The molecule has 1 aromatic carbocycles. The van der Waals surface area contributed by atoms with Crippen molar-refractivity contribution in [2.24, 2.45) is 0 Å². The van der Waals surface area contributed by atoms with Crippen LogP contribution in [0.25, 0.3) is 0 Å². The minimum absolute atomic E-state index is 0.393. The van der Waals surface area contributed by atoms with Crippen LogP contribution in [0, 0.1) is 0 Å². The lowest BCUT2D eigenvalue weighted by atomic mass is 9.85. The summed E-state index contributed by atoms with van der Waals surface area (Å²) in [4.78, 5) is 10.6. The summed E-state index contributed by atoms with van der Waals surface area (Å²) in [5.41, 5.74) is 1.68. The highest BCUT2D eigenvalue weighted by atomic mass is 16.5. The molecule has 1 fully saturated rings. The summed E-state index contributed by atoms with van der Waals surface area (Å²) in [6, 6.07) is 10.6. The van der Waals surface area contributed by atoms with Crippen molar-refractivity contribution in [3.05, 3.63) is 53.9 Å². The third-order valence-electron chi connectivity index (χ3n) is 4.43. The van der Waals surface area contributed by atoms with Gasteiger partial charge in [-0.15, -0.1) is 0 Å². The number of hydrogen-bond acceptors (Lipinski definition) is 5. The van der Waals surface area contributed by atoms with E-state index in [4.69, 9.17) is 4.74 Å². The maximum atomic E-state index is 10.8. The minimum atomic E-state index is -0.589. The van der Waals surface area contributed by atoms with Crippen LogP contribution in [0.2, 0.25) is 0 Å². The van der Waals surface area contributed by atoms with Crippen molar-refractivity contribution in [3.8, 4) is 6.01 Å². The van der Waals surface area contributed by atoms with E-state index in [1.165, 1.54) is 5.56 Å². The highest BCUT2D eigenvalue weighted by Gasteiger charge is 2.32. The predicted octanol–water partition coefficient (Wildman–Crippen LogP) is 2.05. The molecule has 23 heavy (non-hydrogen) atoms. The van der Waals surface area contributed by atoms with Gasteiger partial charge in [0, 0.05) is 44.0 Å². The van der Waals surface area contributed by atoms with Gasteiger partial charge in [-0.1, -0.05) is 30.3 Å². The largest absolute Gasteiger partial charge is 0.467 e. The molecule has 0 atom stereocenters. The van der Waals surface area contributed by atoms with Crippen molar-refractivity contribution in [2.75, 3.05) is 20.2 Å². The van der Waals surface area contributed by atoms with Crippen LogP contribution < -0.4 is 4.74 Å². The minimum Gasteiger partial charge on any atom is -0.467 e. The van der Waals surface area contributed by atoms with Crippen LogP contribution in [0.3, 0.4) is 0 Å². The molecule has 2 aromatic rings. The second-order valence-electron chi connectivity index (χ2n) is 6.24. The highest BCUT2D eigenvalue weighted by molar-refractivity contribution is 5.17. The number of likely N-dealkylation sites (tertiary alicyclic amines) is 1. The molecule has 0 amide bonds. The first kappa shape index (κ1) is 15.9. The lowest BCUT2D eigenvalue weighted by Gasteiger charge is -2.38. The van der Waals surface area contributed by atoms with Crippen molar-refractivity contribution < 1.29 is 9.84 Å². The average molecular weight is 313 g/mol. The Hall–Kier alpha value is -1.98. The Morgan fingerprint density at radius 1 is 1.09 bits per heavy atom. The zero-order valence-electron chi connectivity index (χ0n) is 13.5. The van der Waals surface area contributed by atoms with Crippen LogP contribution in [0.5, 0.6) is 6.01 Å². The molecule has 0 radical (unpaired) electrons. The standard InChI is InChI=1S/C18H23N3O2/c1-23-17-19-12-16(13-20-17)14-21-9-7-18(22,8-10-21)11-15-5-3-2-4-6-15/h2-6,12-13,22H,7-11,14H2,1H3. The summed E-state index contributed by atoms with van der Waals surface area (Å²) < 4.78 is 4.97. The number of nitrogens with zero attached hydrogens (tertiary/aromatic N) is 3. The smallest absolute Gasteiger partial charge is 0.316 e. The van der Waals surface area contributed by atoms with Crippen molar-refractivity contribution >= 4 is 0 Å². The zero-order chi connectivity index (χ0) is 16.1. The van der Waals surface area contributed by atoms with Crippen molar-refractivity contribution in [1.82, 2.24) is 14.9 Å².